The number of rotatable bonds is 5. The van der Waals surface area contributed by atoms with Gasteiger partial charge in [0.15, 0.2) is 0 Å². The van der Waals surface area contributed by atoms with Crippen LogP contribution in [0, 0.1) is 0 Å². The van der Waals surface area contributed by atoms with E-state index in [2.05, 4.69) is 0 Å². The van der Waals surface area contributed by atoms with Crippen molar-refractivity contribution in [2.75, 3.05) is 6.16 Å². The smallest absolute Gasteiger partial charge is 0.390 e. The van der Waals surface area contributed by atoms with Crippen molar-refractivity contribution in [3.8, 4) is 0 Å². The maximum absolute atomic E-state index is 10.3. The zero-order valence-corrected chi connectivity index (χ0v) is 8.31. The molecule has 0 atom stereocenters. The molecule has 0 rings (SSSR count). The molecule has 0 aromatic rings. The zero-order valence-electron chi connectivity index (χ0n) is 6.42. The average molecular weight is 216 g/mol. The molecule has 5 N–H and O–H groups in total. The molecular formula is C4H13O6PSi. The maximum Gasteiger partial charge on any atom is 0.492 e. The predicted molar refractivity (Wildman–Crippen MR) is 43.4 cm³/mol. The van der Waals surface area contributed by atoms with Crippen LogP contribution in [0.2, 0.25) is 6.04 Å². The minimum atomic E-state index is -4.01. The summed E-state index contributed by atoms with van der Waals surface area (Å²) in [6, 6.07) is -0.174. The predicted octanol–water partition coefficient (Wildman–Crippen LogP) is -1.14. The number of unbranched alkanes of at least 4 members (excludes halogenated alkanes) is 1. The third kappa shape index (κ3) is 10.2. The van der Waals surface area contributed by atoms with Gasteiger partial charge in [-0.25, -0.2) is 0 Å². The fourth-order valence-corrected chi connectivity index (χ4v) is 2.04. The maximum atomic E-state index is 10.3. The molecule has 0 spiro atoms. The Morgan fingerprint density at radius 3 is 1.92 bits per heavy atom. The Balaban J connectivity index is 3.41. The fourth-order valence-electron chi connectivity index (χ4n) is 0.680. The third-order valence-electron chi connectivity index (χ3n) is 1.21. The largest absolute Gasteiger partial charge is 0.492 e. The molecule has 0 fully saturated rings. The van der Waals surface area contributed by atoms with Crippen LogP contribution in [0.1, 0.15) is 12.8 Å². The van der Waals surface area contributed by atoms with Gasteiger partial charge in [0.1, 0.15) is 0 Å². The van der Waals surface area contributed by atoms with Crippen LogP contribution in [0.25, 0.3) is 0 Å². The van der Waals surface area contributed by atoms with Crippen molar-refractivity contribution in [2.24, 2.45) is 0 Å². The van der Waals surface area contributed by atoms with Crippen molar-refractivity contribution in [1.29, 1.82) is 0 Å². The van der Waals surface area contributed by atoms with Gasteiger partial charge in [-0.3, -0.25) is 4.57 Å². The molecule has 12 heavy (non-hydrogen) atoms. The van der Waals surface area contributed by atoms with Crippen molar-refractivity contribution in [3.05, 3.63) is 0 Å². The van der Waals surface area contributed by atoms with E-state index in [0.29, 0.717) is 0 Å². The molecule has 0 unspecified atom stereocenters. The summed E-state index contributed by atoms with van der Waals surface area (Å²) in [4.78, 5) is 42.3. The highest BCUT2D eigenvalue weighted by molar-refractivity contribution is 7.51. The molecule has 8 heteroatoms. The molecule has 0 radical (unpaired) electrons. The zero-order chi connectivity index (χ0) is 9.83. The molecule has 0 bridgehead atoms. The molecule has 74 valence electrons. The SMILES string of the molecule is O=P(O)(O)CCCC[Si](O)(O)O. The summed E-state index contributed by atoms with van der Waals surface area (Å²) in [5.74, 6) is 0. The van der Waals surface area contributed by atoms with Crippen LogP contribution < -0.4 is 0 Å². The highest BCUT2D eigenvalue weighted by atomic mass is 31.2. The van der Waals surface area contributed by atoms with Gasteiger partial charge in [0, 0.05) is 12.2 Å². The van der Waals surface area contributed by atoms with Gasteiger partial charge in [-0.05, 0) is 12.8 Å². The second-order valence-corrected chi connectivity index (χ2v) is 6.45. The molecule has 0 aliphatic carbocycles. The van der Waals surface area contributed by atoms with E-state index in [9.17, 15) is 4.57 Å². The van der Waals surface area contributed by atoms with Gasteiger partial charge < -0.3 is 24.2 Å². The quantitative estimate of drug-likeness (QED) is 0.225. The first-order valence-corrected chi connectivity index (χ1v) is 7.27. The summed E-state index contributed by atoms with van der Waals surface area (Å²) >= 11 is 0. The molecule has 6 nitrogen and oxygen atoms in total. The highest BCUT2D eigenvalue weighted by Gasteiger charge is 2.26. The Bertz CT molecular complexity index is 171. The van der Waals surface area contributed by atoms with Crippen LogP contribution in [0.4, 0.5) is 0 Å². The van der Waals surface area contributed by atoms with Crippen molar-refractivity contribution >= 4 is 16.4 Å². The fraction of sp³-hybridized carbons (Fsp3) is 1.00. The van der Waals surface area contributed by atoms with Gasteiger partial charge in [-0.15, -0.1) is 0 Å². The summed E-state index contributed by atoms with van der Waals surface area (Å²) in [6.07, 6.45) is 0.110. The monoisotopic (exact) mass is 216 g/mol. The van der Waals surface area contributed by atoms with Crippen molar-refractivity contribution < 1.29 is 28.7 Å². The van der Waals surface area contributed by atoms with Crippen molar-refractivity contribution in [1.82, 2.24) is 0 Å². The lowest BCUT2D eigenvalue weighted by Gasteiger charge is -2.08. The molecule has 0 saturated carbocycles. The van der Waals surface area contributed by atoms with Gasteiger partial charge in [-0.1, -0.05) is 0 Å². The minimum Gasteiger partial charge on any atom is -0.390 e. The molecule has 0 heterocycles. The van der Waals surface area contributed by atoms with E-state index >= 15 is 0 Å². The van der Waals surface area contributed by atoms with Crippen LogP contribution in [0.3, 0.4) is 0 Å². The Morgan fingerprint density at radius 2 is 1.58 bits per heavy atom. The van der Waals surface area contributed by atoms with Gasteiger partial charge in [0.25, 0.3) is 0 Å². The van der Waals surface area contributed by atoms with E-state index < -0.39 is 16.4 Å². The molecule has 0 saturated heterocycles. The van der Waals surface area contributed by atoms with Crippen molar-refractivity contribution in [3.63, 3.8) is 0 Å². The first-order chi connectivity index (χ1) is 5.21. The lowest BCUT2D eigenvalue weighted by atomic mass is 10.4. The van der Waals surface area contributed by atoms with Gasteiger partial charge >= 0.3 is 16.4 Å². The van der Waals surface area contributed by atoms with Crippen LogP contribution in [0.5, 0.6) is 0 Å². The summed E-state index contributed by atoms with van der Waals surface area (Å²) in [5, 5.41) is 0. The van der Waals surface area contributed by atoms with Crippen molar-refractivity contribution in [2.45, 2.75) is 18.9 Å². The van der Waals surface area contributed by atoms with Crippen LogP contribution in [-0.2, 0) is 4.57 Å². The number of hydrogen-bond donors (Lipinski definition) is 5. The molecule has 0 aromatic heterocycles. The normalized spacial score (nSPS) is 13.4. The molecule has 0 aliphatic rings. The first kappa shape index (κ1) is 12.2. The van der Waals surface area contributed by atoms with E-state index in [-0.39, 0.29) is 25.0 Å². The topological polar surface area (TPSA) is 118 Å². The second-order valence-electron chi connectivity index (χ2n) is 2.62. The summed E-state index contributed by atoms with van der Waals surface area (Å²) in [6.45, 7) is 0. The van der Waals surface area contributed by atoms with E-state index in [1.54, 1.807) is 0 Å². The number of hydrogen-bond acceptors (Lipinski definition) is 4. The van der Waals surface area contributed by atoms with Crippen LogP contribution in [0.15, 0.2) is 0 Å². The lowest BCUT2D eigenvalue weighted by molar-refractivity contribution is 0.226. The van der Waals surface area contributed by atoms with E-state index in [1.807, 2.05) is 0 Å². The van der Waals surface area contributed by atoms with E-state index in [0.717, 1.165) is 0 Å². The summed E-state index contributed by atoms with van der Waals surface area (Å²) in [7, 11) is -7.98. The first-order valence-electron chi connectivity index (χ1n) is 3.42. The van der Waals surface area contributed by atoms with E-state index in [1.165, 1.54) is 0 Å². The summed E-state index contributed by atoms with van der Waals surface area (Å²) < 4.78 is 10.3. The van der Waals surface area contributed by atoms with Gasteiger partial charge in [0.05, 0.1) is 0 Å². The third-order valence-corrected chi connectivity index (χ3v) is 3.13. The molecule has 0 aromatic carbocycles. The van der Waals surface area contributed by atoms with E-state index in [4.69, 9.17) is 24.2 Å². The van der Waals surface area contributed by atoms with Crippen LogP contribution >= 0.6 is 7.60 Å². The average Bonchev–Trinajstić information content (AvgIpc) is 1.76. The molecule has 0 amide bonds. The van der Waals surface area contributed by atoms with Gasteiger partial charge in [0.2, 0.25) is 0 Å². The Kier molecular flexibility index (Phi) is 4.57. The summed E-state index contributed by atoms with van der Waals surface area (Å²) in [5.41, 5.74) is 0. The lowest BCUT2D eigenvalue weighted by Crippen LogP contribution is -2.34. The Labute approximate surface area is 71.0 Å². The van der Waals surface area contributed by atoms with Crippen LogP contribution in [-0.4, -0.2) is 39.1 Å². The Morgan fingerprint density at radius 1 is 1.08 bits per heavy atom. The minimum absolute atomic E-state index is 0.174. The standard InChI is InChI=1S/C4H13O6PSi/c5-11(6,7)3-1-2-4-12(8,9)10/h8-10H,1-4H2,(H2,5,6,7). The molecule has 0 aliphatic heterocycles. The molecular weight excluding hydrogens is 203 g/mol. The Hall–Kier alpha value is 0.247. The second kappa shape index (κ2) is 4.47. The van der Waals surface area contributed by atoms with Gasteiger partial charge in [-0.2, -0.15) is 0 Å². The highest BCUT2D eigenvalue weighted by Crippen LogP contribution is 2.35.